The highest BCUT2D eigenvalue weighted by atomic mass is 16.3. The highest BCUT2D eigenvalue weighted by molar-refractivity contribution is 6.14. The number of furan rings is 1. The molecule has 0 amide bonds. The third-order valence-corrected chi connectivity index (χ3v) is 11.3. The molecule has 0 aliphatic heterocycles. The van der Waals surface area contributed by atoms with E-state index in [-0.39, 0.29) is 0 Å². The Morgan fingerprint density at radius 3 is 1.68 bits per heavy atom. The summed E-state index contributed by atoms with van der Waals surface area (Å²) < 4.78 is 6.63. The number of benzene rings is 10. The normalized spacial score (nSPS) is 11.6. The van der Waals surface area contributed by atoms with Gasteiger partial charge in [-0.25, -0.2) is 0 Å². The van der Waals surface area contributed by atoms with E-state index in [9.17, 15) is 0 Å². The second-order valence-corrected chi connectivity index (χ2v) is 14.5. The number of fused-ring (bicyclic) bond motifs is 7. The maximum atomic E-state index is 6.63. The van der Waals surface area contributed by atoms with Crippen molar-refractivity contribution in [3.8, 4) is 33.4 Å². The Morgan fingerprint density at radius 1 is 0.304 bits per heavy atom. The summed E-state index contributed by atoms with van der Waals surface area (Å²) in [5.41, 5.74) is 12.1. The molecule has 1 heterocycles. The number of rotatable bonds is 6. The molecule has 0 radical (unpaired) electrons. The van der Waals surface area contributed by atoms with E-state index in [1.54, 1.807) is 0 Å². The SMILES string of the molecule is c1cc(-c2ccc(N(c3ccc(-c4cc5ccccc5c5ccccc45)cc3)c3cccc4c3oc3ccccc34)cc2)cc(-c2cccc3ccccc23)c1. The van der Waals surface area contributed by atoms with Crippen LogP contribution in [0.2, 0.25) is 0 Å². The van der Waals surface area contributed by atoms with Crippen molar-refractivity contribution in [1.29, 1.82) is 0 Å². The highest BCUT2D eigenvalue weighted by Crippen LogP contribution is 2.44. The molecule has 0 aliphatic carbocycles. The molecule has 0 bridgehead atoms. The van der Waals surface area contributed by atoms with Crippen molar-refractivity contribution in [1.82, 2.24) is 0 Å². The van der Waals surface area contributed by atoms with Crippen LogP contribution in [0.25, 0.3) is 87.6 Å². The van der Waals surface area contributed by atoms with Gasteiger partial charge in [0.25, 0.3) is 0 Å². The van der Waals surface area contributed by atoms with Gasteiger partial charge < -0.3 is 9.32 Å². The lowest BCUT2D eigenvalue weighted by Gasteiger charge is -2.26. The summed E-state index contributed by atoms with van der Waals surface area (Å²) >= 11 is 0. The summed E-state index contributed by atoms with van der Waals surface area (Å²) in [6.45, 7) is 0. The quantitative estimate of drug-likeness (QED) is 0.160. The fraction of sp³-hybridized carbons (Fsp3) is 0. The second-order valence-electron chi connectivity index (χ2n) is 14.5. The van der Waals surface area contributed by atoms with Gasteiger partial charge in [0.1, 0.15) is 5.58 Å². The van der Waals surface area contributed by atoms with Crippen molar-refractivity contribution in [2.24, 2.45) is 0 Å². The van der Waals surface area contributed by atoms with Gasteiger partial charge >= 0.3 is 0 Å². The first-order chi connectivity index (χ1) is 27.8. The molecular weight excluding hydrogens is 679 g/mol. The number of nitrogens with zero attached hydrogens (tertiary/aromatic N) is 1. The number of anilines is 3. The average molecular weight is 714 g/mol. The summed E-state index contributed by atoms with van der Waals surface area (Å²) in [4.78, 5) is 2.32. The van der Waals surface area contributed by atoms with Gasteiger partial charge in [0.15, 0.2) is 5.58 Å². The predicted molar refractivity (Wildman–Crippen MR) is 237 cm³/mol. The van der Waals surface area contributed by atoms with E-state index in [4.69, 9.17) is 4.42 Å². The van der Waals surface area contributed by atoms with E-state index in [1.807, 2.05) is 12.1 Å². The lowest BCUT2D eigenvalue weighted by Crippen LogP contribution is -2.10. The summed E-state index contributed by atoms with van der Waals surface area (Å²) in [7, 11) is 0. The Hall–Kier alpha value is -7.42. The molecule has 0 fully saturated rings. The van der Waals surface area contributed by atoms with Gasteiger partial charge in [0, 0.05) is 22.1 Å². The van der Waals surface area contributed by atoms with Crippen molar-refractivity contribution in [3.05, 3.63) is 212 Å². The van der Waals surface area contributed by atoms with Crippen molar-refractivity contribution < 1.29 is 4.42 Å². The molecule has 0 unspecified atom stereocenters. The van der Waals surface area contributed by atoms with E-state index in [2.05, 4.69) is 205 Å². The van der Waals surface area contributed by atoms with Crippen LogP contribution >= 0.6 is 0 Å². The minimum atomic E-state index is 0.866. The minimum Gasteiger partial charge on any atom is -0.454 e. The van der Waals surface area contributed by atoms with Crippen LogP contribution in [0.5, 0.6) is 0 Å². The lowest BCUT2D eigenvalue weighted by molar-refractivity contribution is 0.669. The molecule has 56 heavy (non-hydrogen) atoms. The van der Waals surface area contributed by atoms with Crippen LogP contribution in [0.15, 0.2) is 217 Å². The van der Waals surface area contributed by atoms with Crippen molar-refractivity contribution in [2.45, 2.75) is 0 Å². The fourth-order valence-corrected chi connectivity index (χ4v) is 8.57. The van der Waals surface area contributed by atoms with Gasteiger partial charge in [-0.2, -0.15) is 0 Å². The number of hydrogen-bond acceptors (Lipinski definition) is 2. The van der Waals surface area contributed by atoms with Gasteiger partial charge in [-0.05, 0) is 114 Å². The number of para-hydroxylation sites is 2. The van der Waals surface area contributed by atoms with Crippen LogP contribution in [0.3, 0.4) is 0 Å². The van der Waals surface area contributed by atoms with E-state index in [0.29, 0.717) is 0 Å². The monoisotopic (exact) mass is 713 g/mol. The zero-order valence-electron chi connectivity index (χ0n) is 30.6. The number of hydrogen-bond donors (Lipinski definition) is 0. The molecule has 0 saturated carbocycles. The van der Waals surface area contributed by atoms with E-state index < -0.39 is 0 Å². The summed E-state index contributed by atoms with van der Waals surface area (Å²) in [5.74, 6) is 0. The first kappa shape index (κ1) is 32.0. The summed E-state index contributed by atoms with van der Waals surface area (Å²) in [6.07, 6.45) is 0. The van der Waals surface area contributed by atoms with Gasteiger partial charge in [0.2, 0.25) is 0 Å². The van der Waals surface area contributed by atoms with E-state index in [0.717, 1.165) is 44.6 Å². The molecule has 2 heteroatoms. The van der Waals surface area contributed by atoms with Crippen LogP contribution in [0, 0.1) is 0 Å². The molecule has 0 N–H and O–H groups in total. The molecule has 0 aliphatic rings. The fourth-order valence-electron chi connectivity index (χ4n) is 8.57. The van der Waals surface area contributed by atoms with Crippen LogP contribution in [0.4, 0.5) is 17.1 Å². The van der Waals surface area contributed by atoms with Crippen LogP contribution in [0.1, 0.15) is 0 Å². The zero-order valence-corrected chi connectivity index (χ0v) is 30.6. The third-order valence-electron chi connectivity index (χ3n) is 11.3. The van der Waals surface area contributed by atoms with Crippen LogP contribution in [-0.2, 0) is 0 Å². The molecule has 0 spiro atoms. The van der Waals surface area contributed by atoms with Gasteiger partial charge in [0.05, 0.1) is 5.69 Å². The maximum absolute atomic E-state index is 6.63. The molecule has 2 nitrogen and oxygen atoms in total. The summed E-state index contributed by atoms with van der Waals surface area (Å²) in [5, 5.41) is 9.77. The van der Waals surface area contributed by atoms with Crippen LogP contribution < -0.4 is 4.90 Å². The first-order valence-corrected chi connectivity index (χ1v) is 19.2. The molecule has 11 aromatic rings. The standard InChI is InChI=1S/C54H35NO/c1-3-17-44-37(12-1)14-10-22-45(44)40-16-9-15-39(34-40)36-26-30-42(31-27-36)55(52-24-11-23-50-49-21-7-8-25-53(49)56-54(50)52)43-32-28-38(29-33-43)51-35-41-13-2-4-18-46(41)47-19-5-6-20-48(47)51/h1-35H. The Labute approximate surface area is 325 Å². The second kappa shape index (κ2) is 13.2. The predicted octanol–water partition coefficient (Wildman–Crippen LogP) is 15.5. The molecule has 10 aromatic carbocycles. The molecule has 262 valence electrons. The van der Waals surface area contributed by atoms with E-state index >= 15 is 0 Å². The van der Waals surface area contributed by atoms with Crippen molar-refractivity contribution in [3.63, 3.8) is 0 Å². The van der Waals surface area contributed by atoms with Gasteiger partial charge in [-0.1, -0.05) is 164 Å². The molecular formula is C54H35NO. The highest BCUT2D eigenvalue weighted by Gasteiger charge is 2.20. The topological polar surface area (TPSA) is 16.4 Å². The molecule has 0 saturated heterocycles. The first-order valence-electron chi connectivity index (χ1n) is 19.2. The van der Waals surface area contributed by atoms with E-state index in [1.165, 1.54) is 60.1 Å². The maximum Gasteiger partial charge on any atom is 0.159 e. The minimum absolute atomic E-state index is 0.866. The summed E-state index contributed by atoms with van der Waals surface area (Å²) in [6, 6.07) is 76.4. The Bertz CT molecular complexity index is 3240. The molecule has 0 atom stereocenters. The largest absolute Gasteiger partial charge is 0.454 e. The van der Waals surface area contributed by atoms with Gasteiger partial charge in [-0.3, -0.25) is 0 Å². The Balaban J connectivity index is 1.03. The van der Waals surface area contributed by atoms with Gasteiger partial charge in [-0.15, -0.1) is 0 Å². The van der Waals surface area contributed by atoms with Crippen molar-refractivity contribution >= 4 is 71.3 Å². The Morgan fingerprint density at radius 2 is 0.875 bits per heavy atom. The zero-order chi connectivity index (χ0) is 37.0. The third kappa shape index (κ3) is 5.34. The average Bonchev–Trinajstić information content (AvgIpc) is 3.66. The molecule has 11 rings (SSSR count). The molecule has 1 aromatic heterocycles. The van der Waals surface area contributed by atoms with Crippen LogP contribution in [-0.4, -0.2) is 0 Å². The lowest BCUT2D eigenvalue weighted by atomic mass is 9.93. The smallest absolute Gasteiger partial charge is 0.159 e. The van der Waals surface area contributed by atoms with Crippen molar-refractivity contribution in [2.75, 3.05) is 4.90 Å². The Kier molecular flexibility index (Phi) is 7.53.